The minimum atomic E-state index is 0.384. The summed E-state index contributed by atoms with van der Waals surface area (Å²) in [5.41, 5.74) is 2.48. The van der Waals surface area contributed by atoms with E-state index in [1.54, 1.807) is 0 Å². The molecule has 1 aliphatic heterocycles. The van der Waals surface area contributed by atoms with Crippen LogP contribution in [0.1, 0.15) is 71.0 Å². The van der Waals surface area contributed by atoms with Gasteiger partial charge in [-0.3, -0.25) is 4.98 Å². The number of nitrogens with zero attached hydrogens (tertiary/aromatic N) is 2. The summed E-state index contributed by atoms with van der Waals surface area (Å²) in [6.07, 6.45) is 9.79. The lowest BCUT2D eigenvalue weighted by molar-refractivity contribution is 0.523. The summed E-state index contributed by atoms with van der Waals surface area (Å²) in [5, 5.41) is 3.50. The largest absolute Gasteiger partial charge is 0.367 e. The molecule has 21 heavy (non-hydrogen) atoms. The van der Waals surface area contributed by atoms with Crippen molar-refractivity contribution in [1.29, 1.82) is 0 Å². The smallest absolute Gasteiger partial charge is 0.0574 e. The van der Waals surface area contributed by atoms with Gasteiger partial charge in [0.2, 0.25) is 0 Å². The molecule has 1 aromatic heterocycles. The van der Waals surface area contributed by atoms with Gasteiger partial charge in [-0.15, -0.1) is 0 Å². The zero-order valence-corrected chi connectivity index (χ0v) is 13.9. The van der Waals surface area contributed by atoms with E-state index in [9.17, 15) is 0 Å². The van der Waals surface area contributed by atoms with Crippen molar-refractivity contribution >= 4 is 5.69 Å². The molecule has 2 rings (SSSR count). The van der Waals surface area contributed by atoms with Crippen molar-refractivity contribution in [3.8, 4) is 0 Å². The quantitative estimate of drug-likeness (QED) is 0.846. The van der Waals surface area contributed by atoms with E-state index in [1.165, 1.54) is 50.0 Å². The molecule has 2 heterocycles. The third-order valence-electron chi connectivity index (χ3n) is 4.67. The molecular weight excluding hydrogens is 258 g/mol. The topological polar surface area (TPSA) is 28.2 Å². The monoisotopic (exact) mass is 289 g/mol. The molecule has 2 atom stereocenters. The molecule has 2 unspecified atom stereocenters. The second-order valence-electron chi connectivity index (χ2n) is 6.06. The van der Waals surface area contributed by atoms with Crippen molar-refractivity contribution in [2.75, 3.05) is 18.0 Å². The van der Waals surface area contributed by atoms with E-state index in [2.05, 4.69) is 49.3 Å². The lowest BCUT2D eigenvalue weighted by Gasteiger charge is -2.31. The minimum absolute atomic E-state index is 0.384. The molecule has 3 nitrogen and oxygen atoms in total. The van der Waals surface area contributed by atoms with Gasteiger partial charge in [0.1, 0.15) is 0 Å². The van der Waals surface area contributed by atoms with Gasteiger partial charge in [-0.2, -0.15) is 0 Å². The molecule has 1 fully saturated rings. The van der Waals surface area contributed by atoms with Crippen LogP contribution in [-0.4, -0.2) is 24.1 Å². The Balaban J connectivity index is 2.12. The molecule has 1 aliphatic rings. The molecule has 1 N–H and O–H groups in total. The Morgan fingerprint density at radius 3 is 2.71 bits per heavy atom. The Kier molecular flexibility index (Phi) is 6.50. The highest BCUT2D eigenvalue weighted by Gasteiger charge is 2.20. The van der Waals surface area contributed by atoms with E-state index >= 15 is 0 Å². The van der Waals surface area contributed by atoms with Gasteiger partial charge < -0.3 is 10.2 Å². The SMILES string of the molecule is CCNC(CC)c1ccc(N2CCCCCC2CC)cn1. The zero-order valence-electron chi connectivity index (χ0n) is 13.9. The number of hydrogen-bond donors (Lipinski definition) is 1. The second-order valence-corrected chi connectivity index (χ2v) is 6.06. The Labute approximate surface area is 130 Å². The summed E-state index contributed by atoms with van der Waals surface area (Å²) < 4.78 is 0. The average molecular weight is 289 g/mol. The summed E-state index contributed by atoms with van der Waals surface area (Å²) in [5.74, 6) is 0. The Morgan fingerprint density at radius 2 is 2.10 bits per heavy atom. The van der Waals surface area contributed by atoms with Crippen LogP contribution < -0.4 is 10.2 Å². The van der Waals surface area contributed by atoms with Crippen LogP contribution in [0.3, 0.4) is 0 Å². The van der Waals surface area contributed by atoms with Crippen molar-refractivity contribution < 1.29 is 0 Å². The van der Waals surface area contributed by atoms with Crippen molar-refractivity contribution in [3.63, 3.8) is 0 Å². The Morgan fingerprint density at radius 1 is 1.24 bits per heavy atom. The highest BCUT2D eigenvalue weighted by Crippen LogP contribution is 2.26. The van der Waals surface area contributed by atoms with Crippen LogP contribution in [0.5, 0.6) is 0 Å². The minimum Gasteiger partial charge on any atom is -0.367 e. The number of hydrogen-bond acceptors (Lipinski definition) is 3. The first-order chi connectivity index (χ1) is 10.3. The van der Waals surface area contributed by atoms with Gasteiger partial charge in [-0.1, -0.05) is 33.6 Å². The van der Waals surface area contributed by atoms with Crippen molar-refractivity contribution in [3.05, 3.63) is 24.0 Å². The van der Waals surface area contributed by atoms with Gasteiger partial charge in [0, 0.05) is 18.6 Å². The summed E-state index contributed by atoms with van der Waals surface area (Å²) in [6.45, 7) is 8.85. The lowest BCUT2D eigenvalue weighted by Crippen LogP contribution is -2.34. The third-order valence-corrected chi connectivity index (χ3v) is 4.67. The van der Waals surface area contributed by atoms with Crippen LogP contribution in [0.4, 0.5) is 5.69 Å². The van der Waals surface area contributed by atoms with Gasteiger partial charge in [0.25, 0.3) is 0 Å². The first-order valence-corrected chi connectivity index (χ1v) is 8.76. The fraction of sp³-hybridized carbons (Fsp3) is 0.722. The molecule has 0 saturated carbocycles. The molecule has 1 saturated heterocycles. The maximum atomic E-state index is 4.74. The molecule has 0 aliphatic carbocycles. The summed E-state index contributed by atoms with van der Waals surface area (Å²) in [7, 11) is 0. The van der Waals surface area contributed by atoms with E-state index < -0.39 is 0 Å². The second kappa shape index (κ2) is 8.38. The van der Waals surface area contributed by atoms with Crippen LogP contribution >= 0.6 is 0 Å². The Bertz CT molecular complexity index is 401. The average Bonchev–Trinajstić information content (AvgIpc) is 2.78. The zero-order chi connectivity index (χ0) is 15.1. The fourth-order valence-electron chi connectivity index (χ4n) is 3.42. The lowest BCUT2D eigenvalue weighted by atomic mass is 10.1. The van der Waals surface area contributed by atoms with E-state index in [0.29, 0.717) is 12.1 Å². The van der Waals surface area contributed by atoms with E-state index in [-0.39, 0.29) is 0 Å². The number of pyridine rings is 1. The van der Waals surface area contributed by atoms with Crippen LogP contribution in [-0.2, 0) is 0 Å². The Hall–Kier alpha value is -1.09. The first-order valence-electron chi connectivity index (χ1n) is 8.76. The predicted octanol–water partition coefficient (Wildman–Crippen LogP) is 4.30. The van der Waals surface area contributed by atoms with Gasteiger partial charge in [-0.05, 0) is 44.4 Å². The fourth-order valence-corrected chi connectivity index (χ4v) is 3.42. The molecule has 118 valence electrons. The molecule has 1 aromatic rings. The molecule has 0 spiro atoms. The van der Waals surface area contributed by atoms with Crippen LogP contribution in [0.15, 0.2) is 18.3 Å². The van der Waals surface area contributed by atoms with Gasteiger partial charge in [0.15, 0.2) is 0 Å². The van der Waals surface area contributed by atoms with Crippen molar-refractivity contribution in [2.24, 2.45) is 0 Å². The van der Waals surface area contributed by atoms with Crippen LogP contribution in [0.2, 0.25) is 0 Å². The summed E-state index contributed by atoms with van der Waals surface area (Å²) in [6, 6.07) is 5.56. The molecule has 0 bridgehead atoms. The highest BCUT2D eigenvalue weighted by atomic mass is 15.2. The van der Waals surface area contributed by atoms with E-state index in [0.717, 1.165) is 13.0 Å². The molecule has 0 radical (unpaired) electrons. The highest BCUT2D eigenvalue weighted by molar-refractivity contribution is 5.46. The maximum Gasteiger partial charge on any atom is 0.0574 e. The van der Waals surface area contributed by atoms with Crippen LogP contribution in [0.25, 0.3) is 0 Å². The predicted molar refractivity (Wildman–Crippen MR) is 90.8 cm³/mol. The molecule has 3 heteroatoms. The van der Waals surface area contributed by atoms with E-state index in [4.69, 9.17) is 4.98 Å². The standard InChI is InChI=1S/C18H31N3/c1-4-15-10-8-7-9-13-21(15)16-11-12-18(20-14-16)17(5-2)19-6-3/h11-12,14-15,17,19H,4-10,13H2,1-3H3. The number of rotatable bonds is 6. The first kappa shape index (κ1) is 16.3. The normalized spacial score (nSPS) is 21.1. The van der Waals surface area contributed by atoms with E-state index in [1.807, 2.05) is 0 Å². The molecular formula is C18H31N3. The number of anilines is 1. The van der Waals surface area contributed by atoms with Crippen LogP contribution in [0, 0.1) is 0 Å². The molecule has 0 amide bonds. The maximum absolute atomic E-state index is 4.74. The number of nitrogens with one attached hydrogen (secondary N) is 1. The summed E-state index contributed by atoms with van der Waals surface area (Å²) >= 11 is 0. The molecule has 0 aromatic carbocycles. The van der Waals surface area contributed by atoms with Gasteiger partial charge in [0.05, 0.1) is 17.6 Å². The third kappa shape index (κ3) is 4.19. The van der Waals surface area contributed by atoms with Gasteiger partial charge in [-0.25, -0.2) is 0 Å². The van der Waals surface area contributed by atoms with Gasteiger partial charge >= 0.3 is 0 Å². The number of aromatic nitrogens is 1. The van der Waals surface area contributed by atoms with Crippen molar-refractivity contribution in [1.82, 2.24) is 10.3 Å². The summed E-state index contributed by atoms with van der Waals surface area (Å²) in [4.78, 5) is 7.32. The van der Waals surface area contributed by atoms with Crippen molar-refractivity contribution in [2.45, 2.75) is 71.4 Å².